The fraction of sp³-hybridized carbons (Fsp3) is 0.733. The van der Waals surface area contributed by atoms with Crippen LogP contribution in [-0.2, 0) is 9.59 Å². The molecule has 3 heterocycles. The Balaban J connectivity index is 1.47. The lowest BCUT2D eigenvalue weighted by Crippen LogP contribution is -2.48. The van der Waals surface area contributed by atoms with E-state index in [-0.39, 0.29) is 11.8 Å². The van der Waals surface area contributed by atoms with Gasteiger partial charge in [-0.05, 0) is 19.3 Å². The maximum atomic E-state index is 12.8. The van der Waals surface area contributed by atoms with Gasteiger partial charge in [-0.3, -0.25) is 14.9 Å². The predicted molar refractivity (Wildman–Crippen MR) is 90.5 cm³/mol. The molecule has 0 radical (unpaired) electrons. The zero-order valence-corrected chi connectivity index (χ0v) is 14.5. The number of fused-ring (bicyclic) bond motifs is 1. The Kier molecular flexibility index (Phi) is 4.05. The van der Waals surface area contributed by atoms with Crippen molar-refractivity contribution < 1.29 is 9.59 Å². The molecule has 1 aliphatic carbocycles. The van der Waals surface area contributed by atoms with Crippen LogP contribution in [0.1, 0.15) is 55.9 Å². The van der Waals surface area contributed by atoms with Crippen molar-refractivity contribution in [3.63, 3.8) is 0 Å². The van der Waals surface area contributed by atoms with Gasteiger partial charge >= 0.3 is 0 Å². The number of carbonyl (C=O) groups is 2. The van der Waals surface area contributed by atoms with Crippen LogP contribution in [0.4, 0.5) is 5.13 Å². The molecule has 1 N–H and O–H groups in total. The van der Waals surface area contributed by atoms with Crippen LogP contribution in [0.25, 0.3) is 0 Å². The molecule has 3 fully saturated rings. The van der Waals surface area contributed by atoms with Crippen LogP contribution in [0.2, 0.25) is 0 Å². The Morgan fingerprint density at radius 1 is 1.26 bits per heavy atom. The molecule has 3 aliphatic rings. The highest BCUT2D eigenvalue weighted by Gasteiger charge is 2.54. The van der Waals surface area contributed by atoms with Gasteiger partial charge in [-0.2, -0.15) is 0 Å². The van der Waals surface area contributed by atoms with E-state index >= 15 is 0 Å². The van der Waals surface area contributed by atoms with Crippen molar-refractivity contribution in [2.75, 3.05) is 17.6 Å². The van der Waals surface area contributed by atoms with Gasteiger partial charge in [0, 0.05) is 24.6 Å². The highest BCUT2D eigenvalue weighted by molar-refractivity contribution is 8.01. The van der Waals surface area contributed by atoms with Crippen LogP contribution >= 0.6 is 23.1 Å². The lowest BCUT2D eigenvalue weighted by atomic mass is 9.90. The lowest BCUT2D eigenvalue weighted by molar-refractivity contribution is -0.133. The molecular formula is C15H20N4O2S2. The predicted octanol–water partition coefficient (Wildman–Crippen LogP) is 2.59. The van der Waals surface area contributed by atoms with E-state index in [1.807, 2.05) is 0 Å². The first-order chi connectivity index (χ1) is 11.2. The van der Waals surface area contributed by atoms with Gasteiger partial charge in [-0.1, -0.05) is 30.6 Å². The molecule has 124 valence electrons. The van der Waals surface area contributed by atoms with Gasteiger partial charge in [0.1, 0.15) is 5.01 Å². The van der Waals surface area contributed by atoms with Gasteiger partial charge in [-0.25, -0.2) is 0 Å². The number of amides is 2. The molecule has 8 heteroatoms. The summed E-state index contributed by atoms with van der Waals surface area (Å²) in [5, 5.41) is 13.0. The van der Waals surface area contributed by atoms with Crippen LogP contribution < -0.4 is 5.32 Å². The second-order valence-corrected chi connectivity index (χ2v) is 8.79. The van der Waals surface area contributed by atoms with E-state index in [9.17, 15) is 9.59 Å². The third-order valence-electron chi connectivity index (χ3n) is 5.04. The molecule has 2 aliphatic heterocycles. The van der Waals surface area contributed by atoms with E-state index < -0.39 is 4.87 Å². The second-order valence-electron chi connectivity index (χ2n) is 6.41. The number of nitrogens with one attached hydrogen (secondary N) is 1. The van der Waals surface area contributed by atoms with E-state index in [0.717, 1.165) is 10.8 Å². The molecule has 1 aromatic heterocycles. The standard InChI is InChI=1S/C15H20N4O2S2/c20-11-6-7-15(19(11)8-9-22-15)13(21)16-14-18-17-12(23-14)10-4-2-1-3-5-10/h10H,1-9H2,(H,16,18,21)/t15-/m1/s1. The molecule has 0 aromatic carbocycles. The number of anilines is 1. The van der Waals surface area contributed by atoms with Crippen molar-refractivity contribution >= 4 is 40.0 Å². The average Bonchev–Trinajstić information content (AvgIpc) is 3.26. The number of aromatic nitrogens is 2. The molecule has 2 saturated heterocycles. The Labute approximate surface area is 143 Å². The van der Waals surface area contributed by atoms with Crippen molar-refractivity contribution in [3.8, 4) is 0 Å². The molecule has 0 unspecified atom stereocenters. The summed E-state index contributed by atoms with van der Waals surface area (Å²) in [6, 6.07) is 0. The van der Waals surface area contributed by atoms with Gasteiger partial charge in [0.2, 0.25) is 11.0 Å². The number of hydrogen-bond donors (Lipinski definition) is 1. The topological polar surface area (TPSA) is 75.2 Å². The normalized spacial score (nSPS) is 28.2. The van der Waals surface area contributed by atoms with Crippen LogP contribution in [-0.4, -0.2) is 44.1 Å². The fourth-order valence-electron chi connectivity index (χ4n) is 3.80. The Hall–Kier alpha value is -1.15. The van der Waals surface area contributed by atoms with Gasteiger partial charge in [0.15, 0.2) is 4.87 Å². The summed E-state index contributed by atoms with van der Waals surface area (Å²) in [7, 11) is 0. The minimum atomic E-state index is -0.715. The van der Waals surface area contributed by atoms with Crippen molar-refractivity contribution in [2.45, 2.75) is 55.7 Å². The molecule has 6 nitrogen and oxygen atoms in total. The van der Waals surface area contributed by atoms with Crippen molar-refractivity contribution in [1.82, 2.24) is 15.1 Å². The van der Waals surface area contributed by atoms with E-state index in [1.165, 1.54) is 43.4 Å². The van der Waals surface area contributed by atoms with Crippen molar-refractivity contribution in [1.29, 1.82) is 0 Å². The zero-order valence-electron chi connectivity index (χ0n) is 12.9. The van der Waals surface area contributed by atoms with Gasteiger partial charge < -0.3 is 4.90 Å². The Morgan fingerprint density at radius 2 is 2.09 bits per heavy atom. The van der Waals surface area contributed by atoms with Crippen LogP contribution in [0.5, 0.6) is 0 Å². The molecule has 2 amide bonds. The zero-order chi connectivity index (χ0) is 15.9. The molecule has 23 heavy (non-hydrogen) atoms. The quantitative estimate of drug-likeness (QED) is 0.905. The molecule has 0 bridgehead atoms. The molecule has 1 atom stereocenters. The van der Waals surface area contributed by atoms with E-state index in [0.29, 0.717) is 30.4 Å². The number of nitrogens with zero attached hydrogens (tertiary/aromatic N) is 3. The summed E-state index contributed by atoms with van der Waals surface area (Å²) in [5.74, 6) is 1.29. The van der Waals surface area contributed by atoms with Crippen molar-refractivity contribution in [3.05, 3.63) is 5.01 Å². The number of hydrogen-bond acceptors (Lipinski definition) is 6. The smallest absolute Gasteiger partial charge is 0.262 e. The summed E-state index contributed by atoms with van der Waals surface area (Å²) in [4.78, 5) is 25.7. The largest absolute Gasteiger partial charge is 0.319 e. The summed E-state index contributed by atoms with van der Waals surface area (Å²) in [5.41, 5.74) is 0. The highest BCUT2D eigenvalue weighted by Crippen LogP contribution is 2.45. The highest BCUT2D eigenvalue weighted by atomic mass is 32.2. The third kappa shape index (κ3) is 2.65. The Morgan fingerprint density at radius 3 is 2.91 bits per heavy atom. The average molecular weight is 352 g/mol. The lowest BCUT2D eigenvalue weighted by Gasteiger charge is -2.28. The number of carbonyl (C=O) groups excluding carboxylic acids is 2. The monoisotopic (exact) mass is 352 g/mol. The third-order valence-corrected chi connectivity index (χ3v) is 7.52. The maximum Gasteiger partial charge on any atom is 0.262 e. The number of rotatable bonds is 3. The summed E-state index contributed by atoms with van der Waals surface area (Å²) < 4.78 is 0. The van der Waals surface area contributed by atoms with Gasteiger partial charge in [-0.15, -0.1) is 22.0 Å². The second kappa shape index (κ2) is 6.05. The van der Waals surface area contributed by atoms with Crippen LogP contribution in [0, 0.1) is 0 Å². The van der Waals surface area contributed by atoms with E-state index in [4.69, 9.17) is 0 Å². The molecule has 1 saturated carbocycles. The fourth-order valence-corrected chi connectivity index (χ4v) is 6.10. The minimum absolute atomic E-state index is 0.0882. The Bertz CT molecular complexity index is 629. The summed E-state index contributed by atoms with van der Waals surface area (Å²) in [6.45, 7) is 0.667. The van der Waals surface area contributed by atoms with E-state index in [1.54, 1.807) is 16.7 Å². The molecule has 1 aromatic rings. The van der Waals surface area contributed by atoms with Crippen LogP contribution in [0.3, 0.4) is 0 Å². The van der Waals surface area contributed by atoms with Gasteiger partial charge in [0.25, 0.3) is 5.91 Å². The summed E-state index contributed by atoms with van der Waals surface area (Å²) in [6.07, 6.45) is 7.21. The first-order valence-electron chi connectivity index (χ1n) is 8.28. The molecule has 0 spiro atoms. The summed E-state index contributed by atoms with van der Waals surface area (Å²) >= 11 is 3.07. The van der Waals surface area contributed by atoms with Gasteiger partial charge in [0.05, 0.1) is 0 Å². The van der Waals surface area contributed by atoms with Crippen LogP contribution in [0.15, 0.2) is 0 Å². The molecular weight excluding hydrogens is 332 g/mol. The first kappa shape index (κ1) is 15.4. The minimum Gasteiger partial charge on any atom is -0.319 e. The maximum absolute atomic E-state index is 12.8. The first-order valence-corrected chi connectivity index (χ1v) is 10.1. The molecule has 4 rings (SSSR count). The van der Waals surface area contributed by atoms with E-state index in [2.05, 4.69) is 15.5 Å². The number of thioether (sulfide) groups is 1. The van der Waals surface area contributed by atoms with Crippen molar-refractivity contribution in [2.24, 2.45) is 0 Å². The SMILES string of the molecule is O=C1CC[C@]2(C(=O)Nc3nnc(C4CCCCC4)s3)SCCN12.